The van der Waals surface area contributed by atoms with Gasteiger partial charge in [-0.15, -0.1) is 0 Å². The Morgan fingerprint density at radius 2 is 1.30 bits per heavy atom. The SMILES string of the molecule is CC(=O)O.CS(=O)(=O)c1ccc(C(=O)CO)cc1.Cn1c(-c2ccc(S(C)(=O)=O)cc2)coc1=S.N#CSc1ccc2c(c1)C(=O)OC21c2ccc(O)cc2Oc2cc(O)ccc21. The number of phenolic OH excluding ortho intramolecular Hbond substituents is 2. The number of aliphatic hydroxyl groups excluding tert-OH is 1. The molecule has 0 atom stereocenters. The first-order valence-electron chi connectivity index (χ1n) is 18.0. The van der Waals surface area contributed by atoms with Gasteiger partial charge in [0.2, 0.25) is 0 Å². The summed E-state index contributed by atoms with van der Waals surface area (Å²) in [6.07, 6.45) is 3.83. The summed E-state index contributed by atoms with van der Waals surface area (Å²) in [7, 11) is -4.59. The Balaban J connectivity index is 0.000000183. The highest BCUT2D eigenvalue weighted by Gasteiger charge is 2.53. The van der Waals surface area contributed by atoms with E-state index in [0.717, 1.165) is 36.2 Å². The molecular formula is C43H36N2O14S4. The predicted octanol–water partition coefficient (Wildman–Crippen LogP) is 7.01. The second-order valence-corrected chi connectivity index (χ2v) is 18.8. The summed E-state index contributed by atoms with van der Waals surface area (Å²) in [6, 6.07) is 26.4. The minimum absolute atomic E-state index is 0.00261. The lowest BCUT2D eigenvalue weighted by atomic mass is 9.77. The van der Waals surface area contributed by atoms with Crippen LogP contribution in [0.15, 0.2) is 128 Å². The Labute approximate surface area is 370 Å². The molecule has 6 aromatic rings. The quantitative estimate of drug-likeness (QED) is 0.0430. The third kappa shape index (κ3) is 10.7. The Bertz CT molecular complexity index is 3010. The number of nitriles is 1. The number of rotatable bonds is 6. The number of nitrogens with zero attached hydrogens (tertiary/aromatic N) is 2. The second kappa shape index (κ2) is 19.1. The average molecular weight is 933 g/mol. The van der Waals surface area contributed by atoms with Crippen molar-refractivity contribution in [2.75, 3.05) is 19.1 Å². The molecule has 4 N–H and O–H groups in total. The molecule has 63 heavy (non-hydrogen) atoms. The molecule has 0 aliphatic carbocycles. The number of ketones is 1. The summed E-state index contributed by atoms with van der Waals surface area (Å²) in [5.74, 6) is -1.12. The zero-order chi connectivity index (χ0) is 46.4. The second-order valence-electron chi connectivity index (χ2n) is 13.6. The van der Waals surface area contributed by atoms with E-state index in [0.29, 0.717) is 53.9 Å². The maximum absolute atomic E-state index is 12.8. The lowest BCUT2D eigenvalue weighted by Gasteiger charge is -2.36. The maximum atomic E-state index is 12.8. The fourth-order valence-electron chi connectivity index (χ4n) is 6.28. The Morgan fingerprint density at radius 3 is 1.75 bits per heavy atom. The van der Waals surface area contributed by atoms with Gasteiger partial charge in [-0.3, -0.25) is 9.59 Å². The fourth-order valence-corrected chi connectivity index (χ4v) is 8.10. The number of aliphatic carboxylic acids is 1. The largest absolute Gasteiger partial charge is 0.508 e. The van der Waals surface area contributed by atoms with Gasteiger partial charge in [-0.1, -0.05) is 30.3 Å². The van der Waals surface area contributed by atoms with Gasteiger partial charge in [0.15, 0.2) is 31.1 Å². The lowest BCUT2D eigenvalue weighted by molar-refractivity contribution is -0.134. The normalized spacial score (nSPS) is 12.7. The Hall–Kier alpha value is -6.76. The van der Waals surface area contributed by atoms with Gasteiger partial charge in [0.05, 0.1) is 21.0 Å². The number of sulfone groups is 2. The number of hydrogen-bond acceptors (Lipinski definition) is 16. The number of phenols is 2. The van der Waals surface area contributed by atoms with Crippen molar-refractivity contribution >= 4 is 61.4 Å². The molecule has 8 rings (SSSR count). The predicted molar refractivity (Wildman–Crippen MR) is 231 cm³/mol. The van der Waals surface area contributed by atoms with Crippen LogP contribution in [-0.2, 0) is 41.9 Å². The van der Waals surface area contributed by atoms with Gasteiger partial charge in [-0.25, -0.2) is 21.6 Å². The minimum atomic E-state index is -3.23. The number of fused-ring (bicyclic) bond motifs is 6. The molecule has 326 valence electrons. The molecule has 1 spiro atoms. The minimum Gasteiger partial charge on any atom is -0.508 e. The van der Waals surface area contributed by atoms with Crippen LogP contribution in [0, 0.1) is 15.5 Å². The number of aromatic nitrogens is 1. The number of ether oxygens (including phenoxy) is 2. The molecule has 2 aliphatic heterocycles. The molecule has 0 saturated carbocycles. The molecule has 0 fully saturated rings. The first-order valence-corrected chi connectivity index (χ1v) is 23.0. The van der Waals surface area contributed by atoms with Crippen LogP contribution in [0.2, 0.25) is 0 Å². The van der Waals surface area contributed by atoms with E-state index in [4.69, 9.17) is 46.4 Å². The van der Waals surface area contributed by atoms with Gasteiger partial charge in [-0.2, -0.15) is 5.26 Å². The van der Waals surface area contributed by atoms with Gasteiger partial charge in [0.25, 0.3) is 10.8 Å². The summed E-state index contributed by atoms with van der Waals surface area (Å²) in [5, 5.41) is 46.7. The first-order chi connectivity index (χ1) is 29.6. The van der Waals surface area contributed by atoms with E-state index in [2.05, 4.69) is 0 Å². The van der Waals surface area contributed by atoms with E-state index in [-0.39, 0.29) is 16.4 Å². The number of aromatic hydroxyl groups is 2. The molecule has 0 bridgehead atoms. The summed E-state index contributed by atoms with van der Waals surface area (Å²) >= 11 is 5.92. The number of carboxylic acid groups (broad SMARTS) is 1. The van der Waals surface area contributed by atoms with E-state index in [1.54, 1.807) is 72.5 Å². The number of oxazole rings is 1. The van der Waals surface area contributed by atoms with E-state index in [1.165, 1.54) is 54.8 Å². The molecule has 3 heterocycles. The van der Waals surface area contributed by atoms with Crippen molar-refractivity contribution in [2.45, 2.75) is 27.2 Å². The Kier molecular flexibility index (Phi) is 14.3. The number of esters is 1. The van der Waals surface area contributed by atoms with Crippen molar-refractivity contribution in [3.8, 4) is 39.7 Å². The average Bonchev–Trinajstić information content (AvgIpc) is 3.71. The third-order valence-corrected chi connectivity index (χ3v) is 12.3. The summed E-state index contributed by atoms with van der Waals surface area (Å²) in [6.45, 7) is 0.512. The number of carbonyl (C=O) groups excluding carboxylic acids is 2. The molecular weight excluding hydrogens is 897 g/mol. The van der Waals surface area contributed by atoms with Gasteiger partial charge < -0.3 is 38.9 Å². The Morgan fingerprint density at radius 1 is 0.810 bits per heavy atom. The van der Waals surface area contributed by atoms with Crippen molar-refractivity contribution in [3.63, 3.8) is 0 Å². The van der Waals surface area contributed by atoms with Crippen LogP contribution in [0.3, 0.4) is 0 Å². The van der Waals surface area contributed by atoms with E-state index in [9.17, 15) is 36.6 Å². The highest BCUT2D eigenvalue weighted by Crippen LogP contribution is 2.57. The topological polar surface area (TPSA) is 261 Å². The van der Waals surface area contributed by atoms with Crippen molar-refractivity contribution in [3.05, 3.63) is 142 Å². The first kappa shape index (κ1) is 47.3. The van der Waals surface area contributed by atoms with Crippen molar-refractivity contribution < 1.29 is 65.5 Å². The number of thioether (sulfide) groups is 1. The summed E-state index contributed by atoms with van der Waals surface area (Å²) in [5.41, 5.74) is 2.82. The molecule has 2 aliphatic rings. The molecule has 16 nitrogen and oxygen atoms in total. The molecule has 20 heteroatoms. The number of aliphatic hydroxyl groups is 1. The number of thiocyanates is 1. The smallest absolute Gasteiger partial charge is 0.340 e. The lowest BCUT2D eigenvalue weighted by Crippen LogP contribution is -2.32. The summed E-state index contributed by atoms with van der Waals surface area (Å²) in [4.78, 5) is 34.2. The number of hydrogen-bond donors (Lipinski definition) is 4. The fraction of sp³-hybridized carbons (Fsp3) is 0.140. The van der Waals surface area contributed by atoms with Crippen molar-refractivity contribution in [1.82, 2.24) is 4.57 Å². The molecule has 5 aromatic carbocycles. The number of carbonyl (C=O) groups is 3. The number of carboxylic acids is 1. The van der Waals surface area contributed by atoms with Crippen LogP contribution in [0.25, 0.3) is 11.3 Å². The van der Waals surface area contributed by atoms with Gasteiger partial charge in [0.1, 0.15) is 41.3 Å². The maximum Gasteiger partial charge on any atom is 0.340 e. The molecule has 0 amide bonds. The van der Waals surface area contributed by atoms with Crippen LogP contribution < -0.4 is 4.74 Å². The van der Waals surface area contributed by atoms with Crippen LogP contribution in [0.4, 0.5) is 0 Å². The zero-order valence-electron chi connectivity index (χ0n) is 33.5. The van der Waals surface area contributed by atoms with Crippen molar-refractivity contribution in [2.24, 2.45) is 7.05 Å². The standard InChI is InChI=1S/C21H11NO5S.C11H11NO3S2.C9H10O4S.C2H4O2/c22-10-28-13-3-6-15-14(9-13)20(25)27-21(15)16-4-1-11(23)7-18(16)26-19-8-12(24)2-5-17(19)21;1-12-10(7-15-11(12)16)8-3-5-9(6-4-8)17(2,13)14;1-14(12,13)8-4-2-7(3-5-8)9(11)6-10;1-2(3)4/h1-9,23-24H;3-7H,1-2H3;2-5,10H,6H2,1H3;1H3,(H,3,4). The third-order valence-electron chi connectivity index (χ3n) is 9.14. The van der Waals surface area contributed by atoms with Crippen LogP contribution in [0.5, 0.6) is 23.0 Å². The van der Waals surface area contributed by atoms with Crippen LogP contribution >= 0.6 is 24.0 Å². The molecule has 0 saturated heterocycles. The van der Waals surface area contributed by atoms with Crippen LogP contribution in [-0.4, -0.2) is 78.7 Å². The summed E-state index contributed by atoms with van der Waals surface area (Å²) < 4.78 is 63.4. The zero-order valence-corrected chi connectivity index (χ0v) is 36.8. The van der Waals surface area contributed by atoms with Crippen molar-refractivity contribution in [1.29, 1.82) is 5.26 Å². The number of Topliss-reactive ketones (excluding diaryl/α,β-unsaturated/α-hetero) is 1. The van der Waals surface area contributed by atoms with Crippen LogP contribution in [0.1, 0.15) is 44.3 Å². The monoisotopic (exact) mass is 932 g/mol. The molecule has 0 radical (unpaired) electrons. The van der Waals surface area contributed by atoms with Gasteiger partial charge in [-0.05, 0) is 84.6 Å². The number of benzene rings is 5. The highest BCUT2D eigenvalue weighted by atomic mass is 32.2. The van der Waals surface area contributed by atoms with E-state index in [1.807, 2.05) is 5.40 Å². The molecule has 0 unspecified atom stereocenters. The van der Waals surface area contributed by atoms with Gasteiger partial charge in [0, 0.05) is 71.3 Å². The van der Waals surface area contributed by atoms with Gasteiger partial charge >= 0.3 is 5.97 Å². The van der Waals surface area contributed by atoms with E-state index >= 15 is 0 Å². The highest BCUT2D eigenvalue weighted by molar-refractivity contribution is 8.03. The van der Waals surface area contributed by atoms with E-state index < -0.39 is 49.6 Å². The molecule has 1 aromatic heterocycles.